The first kappa shape index (κ1) is 19.8. The molecule has 1 aliphatic rings. The lowest BCUT2D eigenvalue weighted by Gasteiger charge is -2.26. The molecule has 0 aliphatic carbocycles. The number of amides is 1. The molecule has 0 spiro atoms. The Morgan fingerprint density at radius 1 is 1.00 bits per heavy atom. The molecule has 0 bridgehead atoms. The average molecular weight is 421 g/mol. The van der Waals surface area contributed by atoms with Crippen molar-refractivity contribution in [3.05, 3.63) is 89.7 Å². The third-order valence-electron chi connectivity index (χ3n) is 4.55. The molecule has 150 valence electrons. The van der Waals surface area contributed by atoms with Gasteiger partial charge in [0.25, 0.3) is 0 Å². The second kappa shape index (κ2) is 8.46. The van der Waals surface area contributed by atoms with Crippen LogP contribution >= 0.6 is 11.8 Å². The Morgan fingerprint density at radius 3 is 2.43 bits per heavy atom. The fourth-order valence-corrected chi connectivity index (χ4v) is 4.36. The Morgan fingerprint density at radius 2 is 1.70 bits per heavy atom. The van der Waals surface area contributed by atoms with Crippen LogP contribution in [-0.4, -0.2) is 22.7 Å². The molecule has 0 saturated carbocycles. The van der Waals surface area contributed by atoms with Gasteiger partial charge in [-0.15, -0.1) is 11.8 Å². The zero-order chi connectivity index (χ0) is 21.1. The van der Waals surface area contributed by atoms with Gasteiger partial charge in [-0.05, 0) is 36.4 Å². The number of anilines is 1. The predicted molar refractivity (Wildman–Crippen MR) is 113 cm³/mol. The molecule has 8 heteroatoms. The van der Waals surface area contributed by atoms with Crippen LogP contribution in [0.1, 0.15) is 21.3 Å². The lowest BCUT2D eigenvalue weighted by Crippen LogP contribution is -2.29. The first-order valence-electron chi connectivity index (χ1n) is 9.07. The molecule has 3 aromatic carbocycles. The molecule has 1 amide bonds. The van der Waals surface area contributed by atoms with Crippen molar-refractivity contribution in [3.63, 3.8) is 0 Å². The fourth-order valence-electron chi connectivity index (χ4n) is 3.17. The molecule has 1 fully saturated rings. The summed E-state index contributed by atoms with van der Waals surface area (Å²) < 4.78 is 14.3. The number of aromatic carboxylic acids is 1. The second-order valence-electron chi connectivity index (χ2n) is 6.49. The van der Waals surface area contributed by atoms with Gasteiger partial charge in [0.2, 0.25) is 5.91 Å². The minimum atomic E-state index is -1.21. The van der Waals surface area contributed by atoms with Crippen molar-refractivity contribution in [3.8, 4) is 0 Å². The number of hydrogen-bond acceptors (Lipinski definition) is 5. The van der Waals surface area contributed by atoms with Gasteiger partial charge in [0.1, 0.15) is 11.2 Å². The molecule has 30 heavy (non-hydrogen) atoms. The van der Waals surface area contributed by atoms with E-state index in [2.05, 4.69) is 10.2 Å². The summed E-state index contributed by atoms with van der Waals surface area (Å²) >= 11 is 1.25. The predicted octanol–water partition coefficient (Wildman–Crippen LogP) is 5.72. The molecule has 1 heterocycles. The maximum Gasteiger partial charge on any atom is 0.337 e. The summed E-state index contributed by atoms with van der Waals surface area (Å²) in [6.07, 6.45) is 0. The van der Waals surface area contributed by atoms with Crippen molar-refractivity contribution in [2.24, 2.45) is 10.2 Å². The van der Waals surface area contributed by atoms with Crippen LogP contribution in [0.4, 0.5) is 21.5 Å². The van der Waals surface area contributed by atoms with Gasteiger partial charge < -0.3 is 5.11 Å². The van der Waals surface area contributed by atoms with Crippen molar-refractivity contribution in [1.29, 1.82) is 0 Å². The summed E-state index contributed by atoms with van der Waals surface area (Å²) in [6.45, 7) is 0. The summed E-state index contributed by atoms with van der Waals surface area (Å²) in [7, 11) is 0. The van der Waals surface area contributed by atoms with E-state index in [0.717, 1.165) is 0 Å². The van der Waals surface area contributed by atoms with Gasteiger partial charge >= 0.3 is 5.97 Å². The number of carboxylic acid groups (broad SMARTS) is 1. The highest BCUT2D eigenvalue weighted by molar-refractivity contribution is 8.00. The molecule has 0 aromatic heterocycles. The van der Waals surface area contributed by atoms with E-state index in [-0.39, 0.29) is 22.9 Å². The van der Waals surface area contributed by atoms with Gasteiger partial charge in [-0.2, -0.15) is 10.2 Å². The summed E-state index contributed by atoms with van der Waals surface area (Å²) in [5.74, 6) is -1.80. The molecule has 1 atom stereocenters. The number of rotatable bonds is 5. The average Bonchev–Trinajstić information content (AvgIpc) is 3.14. The Bertz CT molecular complexity index is 1140. The highest BCUT2D eigenvalue weighted by atomic mass is 32.2. The minimum absolute atomic E-state index is 0.100. The number of nitrogens with zero attached hydrogens (tertiary/aromatic N) is 3. The van der Waals surface area contributed by atoms with E-state index in [1.165, 1.54) is 34.9 Å². The summed E-state index contributed by atoms with van der Waals surface area (Å²) in [5, 5.41) is 17.3. The van der Waals surface area contributed by atoms with Crippen LogP contribution in [0.2, 0.25) is 0 Å². The van der Waals surface area contributed by atoms with Crippen molar-refractivity contribution in [1.82, 2.24) is 0 Å². The van der Waals surface area contributed by atoms with Gasteiger partial charge in [0.05, 0.1) is 28.4 Å². The maximum absolute atomic E-state index is 14.3. The normalized spacial score (nSPS) is 16.4. The van der Waals surface area contributed by atoms with Gasteiger partial charge in [-0.25, -0.2) is 9.18 Å². The maximum atomic E-state index is 14.3. The second-order valence-corrected chi connectivity index (χ2v) is 7.56. The molecular weight excluding hydrogens is 405 g/mol. The van der Waals surface area contributed by atoms with E-state index in [0.29, 0.717) is 16.9 Å². The zero-order valence-corrected chi connectivity index (χ0v) is 16.4. The van der Waals surface area contributed by atoms with Gasteiger partial charge in [0, 0.05) is 5.56 Å². The molecule has 6 nitrogen and oxygen atoms in total. The van der Waals surface area contributed by atoms with E-state index < -0.39 is 17.2 Å². The van der Waals surface area contributed by atoms with Crippen LogP contribution in [0.5, 0.6) is 0 Å². The highest BCUT2D eigenvalue weighted by Crippen LogP contribution is 2.44. The number of azo groups is 1. The van der Waals surface area contributed by atoms with Crippen LogP contribution in [0.15, 0.2) is 83.0 Å². The van der Waals surface area contributed by atoms with Gasteiger partial charge in [-0.3, -0.25) is 9.69 Å². The van der Waals surface area contributed by atoms with Crippen LogP contribution in [0.3, 0.4) is 0 Å². The van der Waals surface area contributed by atoms with Crippen molar-refractivity contribution in [2.45, 2.75) is 5.37 Å². The van der Waals surface area contributed by atoms with E-state index in [4.69, 9.17) is 0 Å². The SMILES string of the molecule is O=C(O)c1cc(N=Nc2ccccc2)ccc1N1C(=O)CSC1c1ccccc1F. The number of carboxylic acids is 1. The standard InChI is InChI=1S/C22H16FN3O3S/c23-18-9-5-4-8-16(18)21-26(20(27)13-30-21)19-11-10-15(12-17(19)22(28)29)25-24-14-6-2-1-3-7-14/h1-12,21H,13H2,(H,28,29). The van der Waals surface area contributed by atoms with Gasteiger partial charge in [0.15, 0.2) is 0 Å². The number of hydrogen-bond donors (Lipinski definition) is 1. The number of halogens is 1. The third-order valence-corrected chi connectivity index (χ3v) is 5.74. The van der Waals surface area contributed by atoms with Crippen molar-refractivity contribution < 1.29 is 19.1 Å². The summed E-state index contributed by atoms with van der Waals surface area (Å²) in [4.78, 5) is 25.9. The Kier molecular flexibility index (Phi) is 5.58. The van der Waals surface area contributed by atoms with E-state index in [9.17, 15) is 19.1 Å². The highest BCUT2D eigenvalue weighted by Gasteiger charge is 2.37. The van der Waals surface area contributed by atoms with E-state index in [1.54, 1.807) is 36.4 Å². The third kappa shape index (κ3) is 3.95. The first-order valence-corrected chi connectivity index (χ1v) is 10.1. The molecule has 0 radical (unpaired) electrons. The number of thioether (sulfide) groups is 1. The molecule has 4 rings (SSSR count). The molecule has 1 aliphatic heterocycles. The van der Waals surface area contributed by atoms with Crippen LogP contribution in [-0.2, 0) is 4.79 Å². The largest absolute Gasteiger partial charge is 0.478 e. The van der Waals surface area contributed by atoms with Crippen molar-refractivity contribution in [2.75, 3.05) is 10.7 Å². The Labute approximate surface area is 176 Å². The Hall–Kier alpha value is -3.52. The quantitative estimate of drug-likeness (QED) is 0.534. The van der Waals surface area contributed by atoms with Crippen molar-refractivity contribution >= 4 is 40.7 Å². The summed E-state index contributed by atoms with van der Waals surface area (Å²) in [6, 6.07) is 19.7. The van der Waals surface area contributed by atoms with Crippen LogP contribution in [0.25, 0.3) is 0 Å². The van der Waals surface area contributed by atoms with E-state index in [1.807, 2.05) is 18.2 Å². The number of carbonyl (C=O) groups is 2. The smallest absolute Gasteiger partial charge is 0.337 e. The molecule has 1 unspecified atom stereocenters. The van der Waals surface area contributed by atoms with Crippen LogP contribution in [0, 0.1) is 5.82 Å². The zero-order valence-electron chi connectivity index (χ0n) is 15.6. The fraction of sp³-hybridized carbons (Fsp3) is 0.0909. The van der Waals surface area contributed by atoms with Gasteiger partial charge in [-0.1, -0.05) is 36.4 Å². The molecule has 3 aromatic rings. The molecule has 1 saturated heterocycles. The van der Waals surface area contributed by atoms with E-state index >= 15 is 0 Å². The first-order chi connectivity index (χ1) is 14.5. The monoisotopic (exact) mass is 421 g/mol. The topological polar surface area (TPSA) is 82.3 Å². The number of benzene rings is 3. The Balaban J connectivity index is 1.72. The molecular formula is C22H16FN3O3S. The molecule has 1 N–H and O–H groups in total. The van der Waals surface area contributed by atoms with Crippen LogP contribution < -0.4 is 4.90 Å². The summed E-state index contributed by atoms with van der Waals surface area (Å²) in [5.41, 5.74) is 1.39. The number of carbonyl (C=O) groups excluding carboxylic acids is 1. The lowest BCUT2D eigenvalue weighted by atomic mass is 10.1. The lowest BCUT2D eigenvalue weighted by molar-refractivity contribution is -0.115. The minimum Gasteiger partial charge on any atom is -0.478 e.